The van der Waals surface area contributed by atoms with Crippen molar-refractivity contribution in [1.29, 1.82) is 0 Å². The highest BCUT2D eigenvalue weighted by Crippen LogP contribution is 2.20. The third kappa shape index (κ3) is 6.18. The number of thiophene rings is 1. The molecule has 152 valence electrons. The zero-order valence-electron chi connectivity index (χ0n) is 15.3. The van der Waals surface area contributed by atoms with Gasteiger partial charge in [0.15, 0.2) is 9.84 Å². The molecular weight excluding hydrogens is 402 g/mol. The topological polar surface area (TPSA) is 109 Å². The first-order valence-electron chi connectivity index (χ1n) is 8.98. The van der Waals surface area contributed by atoms with Crippen molar-refractivity contribution in [3.8, 4) is 0 Å². The van der Waals surface area contributed by atoms with Crippen LogP contribution in [0.5, 0.6) is 0 Å². The maximum absolute atomic E-state index is 12.3. The summed E-state index contributed by atoms with van der Waals surface area (Å²) in [6.07, 6.45) is 2.69. The quantitative estimate of drug-likeness (QED) is 0.662. The van der Waals surface area contributed by atoms with E-state index in [-0.39, 0.29) is 24.1 Å². The lowest BCUT2D eigenvalue weighted by atomic mass is 10.2. The highest BCUT2D eigenvalue weighted by molar-refractivity contribution is 7.91. The number of amides is 3. The third-order valence-electron chi connectivity index (χ3n) is 4.50. The smallest absolute Gasteiger partial charge is 0.321 e. The molecule has 1 unspecified atom stereocenters. The van der Waals surface area contributed by atoms with Gasteiger partial charge in [-0.3, -0.25) is 15.0 Å². The SMILES string of the molecule is O=C(CN(Cc1ccco1)C1CCS(=O)(=O)C1)NC(=O)NCCc1cccs1. The standard InChI is InChI=1S/C18H23N3O5S2/c22-17(20-18(23)19-7-5-16-4-2-9-27-16)12-21(11-15-3-1-8-26-15)14-6-10-28(24,25)13-14/h1-4,8-9,14H,5-7,10-13H2,(H2,19,20,22,23). The summed E-state index contributed by atoms with van der Waals surface area (Å²) in [7, 11) is -3.09. The van der Waals surface area contributed by atoms with Gasteiger partial charge in [0.2, 0.25) is 5.91 Å². The summed E-state index contributed by atoms with van der Waals surface area (Å²) < 4.78 is 29.0. The minimum Gasteiger partial charge on any atom is -0.468 e. The molecule has 1 fully saturated rings. The van der Waals surface area contributed by atoms with E-state index in [9.17, 15) is 18.0 Å². The van der Waals surface area contributed by atoms with Crippen LogP contribution in [0.1, 0.15) is 17.1 Å². The van der Waals surface area contributed by atoms with Crippen molar-refractivity contribution in [3.63, 3.8) is 0 Å². The number of hydrogen-bond acceptors (Lipinski definition) is 7. The predicted octanol–water partition coefficient (Wildman–Crippen LogP) is 1.40. The van der Waals surface area contributed by atoms with Crippen LogP contribution in [0.2, 0.25) is 0 Å². The number of nitrogens with one attached hydrogen (secondary N) is 2. The maximum atomic E-state index is 12.3. The summed E-state index contributed by atoms with van der Waals surface area (Å²) in [5, 5.41) is 6.93. The van der Waals surface area contributed by atoms with E-state index in [2.05, 4.69) is 10.6 Å². The van der Waals surface area contributed by atoms with Gasteiger partial charge in [0, 0.05) is 17.5 Å². The Bertz CT molecular complexity index is 878. The molecule has 0 bridgehead atoms. The number of carbonyl (C=O) groups is 2. The summed E-state index contributed by atoms with van der Waals surface area (Å²) in [5.41, 5.74) is 0. The van der Waals surface area contributed by atoms with Gasteiger partial charge in [-0.05, 0) is 36.4 Å². The first-order valence-corrected chi connectivity index (χ1v) is 11.7. The van der Waals surface area contributed by atoms with Crippen LogP contribution >= 0.6 is 11.3 Å². The molecule has 28 heavy (non-hydrogen) atoms. The number of rotatable bonds is 8. The molecule has 0 radical (unpaired) electrons. The highest BCUT2D eigenvalue weighted by Gasteiger charge is 2.33. The molecule has 3 amide bonds. The summed E-state index contributed by atoms with van der Waals surface area (Å²) >= 11 is 1.61. The molecule has 1 atom stereocenters. The Labute approximate surface area is 167 Å². The minimum absolute atomic E-state index is 0.00794. The zero-order chi connectivity index (χ0) is 20.0. The Morgan fingerprint density at radius 1 is 1.29 bits per heavy atom. The lowest BCUT2D eigenvalue weighted by molar-refractivity contribution is -0.121. The molecule has 2 N–H and O–H groups in total. The molecule has 1 aliphatic heterocycles. The molecule has 3 heterocycles. The van der Waals surface area contributed by atoms with Crippen molar-refractivity contribution < 1.29 is 22.4 Å². The molecule has 3 rings (SSSR count). The van der Waals surface area contributed by atoms with Crippen LogP contribution in [0.3, 0.4) is 0 Å². The van der Waals surface area contributed by atoms with Gasteiger partial charge in [-0.25, -0.2) is 13.2 Å². The van der Waals surface area contributed by atoms with Crippen molar-refractivity contribution in [2.24, 2.45) is 0 Å². The van der Waals surface area contributed by atoms with Crippen LogP contribution in [-0.4, -0.2) is 55.9 Å². The second kappa shape index (κ2) is 9.35. The molecule has 1 aliphatic rings. The average molecular weight is 426 g/mol. The second-order valence-corrected chi connectivity index (χ2v) is 9.94. The molecule has 2 aromatic rings. The zero-order valence-corrected chi connectivity index (χ0v) is 16.9. The van der Waals surface area contributed by atoms with Crippen LogP contribution in [0.4, 0.5) is 4.79 Å². The van der Waals surface area contributed by atoms with Gasteiger partial charge in [-0.1, -0.05) is 6.07 Å². The fraction of sp³-hybridized carbons (Fsp3) is 0.444. The van der Waals surface area contributed by atoms with Gasteiger partial charge in [-0.2, -0.15) is 0 Å². The second-order valence-electron chi connectivity index (χ2n) is 6.67. The van der Waals surface area contributed by atoms with Crippen molar-refractivity contribution in [1.82, 2.24) is 15.5 Å². The number of nitrogens with zero attached hydrogens (tertiary/aromatic N) is 1. The predicted molar refractivity (Wildman–Crippen MR) is 106 cm³/mol. The molecule has 1 saturated heterocycles. The van der Waals surface area contributed by atoms with E-state index >= 15 is 0 Å². The van der Waals surface area contributed by atoms with Crippen LogP contribution in [0.25, 0.3) is 0 Å². The van der Waals surface area contributed by atoms with Crippen LogP contribution in [0, 0.1) is 0 Å². The molecule has 0 saturated carbocycles. The minimum atomic E-state index is -3.09. The van der Waals surface area contributed by atoms with E-state index in [1.54, 1.807) is 28.4 Å². The Balaban J connectivity index is 1.50. The van der Waals surface area contributed by atoms with Gasteiger partial charge in [-0.15, -0.1) is 11.3 Å². The van der Waals surface area contributed by atoms with E-state index in [0.717, 1.165) is 4.88 Å². The normalized spacial score (nSPS) is 18.2. The van der Waals surface area contributed by atoms with Crippen molar-refractivity contribution >= 4 is 33.1 Å². The largest absolute Gasteiger partial charge is 0.468 e. The van der Waals surface area contributed by atoms with Gasteiger partial charge in [0.25, 0.3) is 0 Å². The number of furan rings is 1. The molecule has 0 spiro atoms. The Morgan fingerprint density at radius 2 is 2.14 bits per heavy atom. The Kier molecular flexibility index (Phi) is 6.87. The van der Waals surface area contributed by atoms with Gasteiger partial charge in [0.05, 0.1) is 30.9 Å². The molecular formula is C18H23N3O5S2. The average Bonchev–Trinajstić information content (AvgIpc) is 3.36. The summed E-state index contributed by atoms with van der Waals surface area (Å²) in [6, 6.07) is 6.60. The summed E-state index contributed by atoms with van der Waals surface area (Å²) in [5.74, 6) is 0.271. The fourth-order valence-electron chi connectivity index (χ4n) is 3.13. The van der Waals surface area contributed by atoms with E-state index in [4.69, 9.17) is 4.42 Å². The van der Waals surface area contributed by atoms with Gasteiger partial charge >= 0.3 is 6.03 Å². The van der Waals surface area contributed by atoms with Crippen molar-refractivity contribution in [3.05, 3.63) is 46.5 Å². The first-order chi connectivity index (χ1) is 13.4. The monoisotopic (exact) mass is 425 g/mol. The number of imide groups is 1. The van der Waals surface area contributed by atoms with Crippen LogP contribution < -0.4 is 10.6 Å². The van der Waals surface area contributed by atoms with E-state index in [1.807, 2.05) is 17.5 Å². The van der Waals surface area contributed by atoms with E-state index in [0.29, 0.717) is 31.7 Å². The summed E-state index contributed by atoms with van der Waals surface area (Å²) in [4.78, 5) is 27.1. The lowest BCUT2D eigenvalue weighted by Gasteiger charge is -2.26. The van der Waals surface area contributed by atoms with E-state index in [1.165, 1.54) is 6.26 Å². The molecule has 0 aromatic carbocycles. The maximum Gasteiger partial charge on any atom is 0.321 e. The molecule has 10 heteroatoms. The summed E-state index contributed by atoms with van der Waals surface area (Å²) in [6.45, 7) is 0.649. The molecule has 2 aromatic heterocycles. The number of sulfone groups is 1. The third-order valence-corrected chi connectivity index (χ3v) is 7.19. The van der Waals surface area contributed by atoms with E-state index < -0.39 is 21.8 Å². The molecule has 8 nitrogen and oxygen atoms in total. The lowest BCUT2D eigenvalue weighted by Crippen LogP contribution is -2.47. The van der Waals surface area contributed by atoms with Crippen molar-refractivity contribution in [2.45, 2.75) is 25.4 Å². The number of hydrogen-bond donors (Lipinski definition) is 2. The fourth-order valence-corrected chi connectivity index (χ4v) is 5.60. The van der Waals surface area contributed by atoms with Gasteiger partial charge in [0.1, 0.15) is 5.76 Å². The number of urea groups is 1. The highest BCUT2D eigenvalue weighted by atomic mass is 32.2. The Morgan fingerprint density at radius 3 is 2.79 bits per heavy atom. The first kappa shape index (κ1) is 20.6. The molecule has 0 aliphatic carbocycles. The van der Waals surface area contributed by atoms with Gasteiger partial charge < -0.3 is 9.73 Å². The van der Waals surface area contributed by atoms with Crippen LogP contribution in [0.15, 0.2) is 40.3 Å². The van der Waals surface area contributed by atoms with Crippen molar-refractivity contribution in [2.75, 3.05) is 24.6 Å². The number of carbonyl (C=O) groups excluding carboxylic acids is 2. The Hall–Kier alpha value is -2.17. The van der Waals surface area contributed by atoms with Crippen LogP contribution in [-0.2, 0) is 27.6 Å².